The number of nitrogens with zero attached hydrogens (tertiary/aromatic N) is 1. The van der Waals surface area contributed by atoms with Crippen LogP contribution >= 0.6 is 11.8 Å². The molecule has 0 radical (unpaired) electrons. The number of amides is 1. The Morgan fingerprint density at radius 2 is 2.03 bits per heavy atom. The van der Waals surface area contributed by atoms with Crippen LogP contribution in [-0.2, 0) is 26.3 Å². The van der Waals surface area contributed by atoms with Crippen LogP contribution in [0.1, 0.15) is 29.7 Å². The van der Waals surface area contributed by atoms with Gasteiger partial charge in [0.05, 0.1) is 17.8 Å². The second-order valence-corrected chi connectivity index (χ2v) is 10.4. The first kappa shape index (κ1) is 21.9. The monoisotopic (exact) mass is 436 g/mol. The number of sulfonamides is 1. The molecule has 2 aromatic rings. The highest BCUT2D eigenvalue weighted by Gasteiger charge is 2.31. The first-order valence-electron chi connectivity index (χ1n) is 9.85. The van der Waals surface area contributed by atoms with Crippen molar-refractivity contribution in [1.29, 1.82) is 0 Å². The zero-order chi connectivity index (χ0) is 20.7. The average Bonchev–Trinajstić information content (AvgIpc) is 3.21. The van der Waals surface area contributed by atoms with Crippen molar-refractivity contribution in [2.45, 2.75) is 31.3 Å². The van der Waals surface area contributed by atoms with Crippen LogP contribution in [-0.4, -0.2) is 44.0 Å². The van der Waals surface area contributed by atoms with E-state index in [1.807, 2.05) is 43.3 Å². The summed E-state index contributed by atoms with van der Waals surface area (Å²) in [7, 11) is -3.36. The van der Waals surface area contributed by atoms with Crippen LogP contribution in [0.5, 0.6) is 0 Å². The van der Waals surface area contributed by atoms with Gasteiger partial charge in [-0.3, -0.25) is 4.79 Å². The molecule has 1 aromatic carbocycles. The Hall–Kier alpha value is -1.77. The number of hydrogen-bond acceptors (Lipinski definition) is 5. The summed E-state index contributed by atoms with van der Waals surface area (Å²) in [4.78, 5) is 12.4. The number of nitrogens with one attached hydrogen (secondary N) is 1. The minimum Gasteiger partial charge on any atom is -0.468 e. The van der Waals surface area contributed by atoms with Gasteiger partial charge in [0, 0.05) is 31.3 Å². The van der Waals surface area contributed by atoms with Gasteiger partial charge in [-0.25, -0.2) is 12.7 Å². The summed E-state index contributed by atoms with van der Waals surface area (Å²) >= 11 is 1.71. The number of benzene rings is 1. The molecule has 0 spiro atoms. The van der Waals surface area contributed by atoms with Gasteiger partial charge in [0.2, 0.25) is 15.9 Å². The third-order valence-corrected chi connectivity index (χ3v) is 7.85. The van der Waals surface area contributed by atoms with E-state index in [9.17, 15) is 13.2 Å². The Balaban J connectivity index is 1.38. The molecule has 0 aliphatic carbocycles. The van der Waals surface area contributed by atoms with Gasteiger partial charge in [0.15, 0.2) is 0 Å². The van der Waals surface area contributed by atoms with Crippen LogP contribution in [0.15, 0.2) is 47.1 Å². The fourth-order valence-corrected chi connectivity index (χ4v) is 5.76. The number of carbonyl (C=O) groups is 1. The molecule has 3 rings (SSSR count). The SMILES string of the molecule is Cc1cccc(CS(=O)(=O)N2CCC(C(=O)NCCSCc3ccco3)CC2)c1. The summed E-state index contributed by atoms with van der Waals surface area (Å²) in [6.45, 7) is 3.37. The van der Waals surface area contributed by atoms with E-state index in [1.165, 1.54) is 4.31 Å². The lowest BCUT2D eigenvalue weighted by atomic mass is 9.97. The summed E-state index contributed by atoms with van der Waals surface area (Å²) in [6, 6.07) is 11.4. The smallest absolute Gasteiger partial charge is 0.223 e. The van der Waals surface area contributed by atoms with Crippen molar-refractivity contribution < 1.29 is 17.6 Å². The molecule has 158 valence electrons. The molecule has 1 aromatic heterocycles. The molecule has 0 unspecified atom stereocenters. The Labute approximate surface area is 177 Å². The predicted molar refractivity (Wildman–Crippen MR) is 116 cm³/mol. The maximum absolute atomic E-state index is 12.7. The molecule has 0 saturated carbocycles. The number of furan rings is 1. The predicted octanol–water partition coefficient (Wildman–Crippen LogP) is 3.18. The molecule has 0 bridgehead atoms. The molecular formula is C21H28N2O4S2. The van der Waals surface area contributed by atoms with E-state index >= 15 is 0 Å². The van der Waals surface area contributed by atoms with E-state index in [-0.39, 0.29) is 17.6 Å². The summed E-state index contributed by atoms with van der Waals surface area (Å²) in [5.74, 6) is 2.46. The number of aryl methyl sites for hydroxylation is 1. The van der Waals surface area contributed by atoms with Gasteiger partial charge in [-0.2, -0.15) is 11.8 Å². The molecule has 1 amide bonds. The molecule has 6 nitrogen and oxygen atoms in total. The van der Waals surface area contributed by atoms with E-state index in [0.717, 1.165) is 28.4 Å². The molecule has 2 heterocycles. The first-order valence-corrected chi connectivity index (χ1v) is 12.6. The van der Waals surface area contributed by atoms with Crippen molar-refractivity contribution >= 4 is 27.7 Å². The fraction of sp³-hybridized carbons (Fsp3) is 0.476. The first-order chi connectivity index (χ1) is 13.9. The van der Waals surface area contributed by atoms with Crippen LogP contribution in [0, 0.1) is 12.8 Å². The van der Waals surface area contributed by atoms with Crippen LogP contribution in [0.2, 0.25) is 0 Å². The fourth-order valence-electron chi connectivity index (χ4n) is 3.46. The van der Waals surface area contributed by atoms with Gasteiger partial charge in [0.1, 0.15) is 5.76 Å². The van der Waals surface area contributed by atoms with E-state index in [1.54, 1.807) is 18.0 Å². The minimum atomic E-state index is -3.36. The largest absolute Gasteiger partial charge is 0.468 e. The lowest BCUT2D eigenvalue weighted by Crippen LogP contribution is -2.43. The topological polar surface area (TPSA) is 79.6 Å². The highest BCUT2D eigenvalue weighted by atomic mass is 32.2. The number of carbonyl (C=O) groups excluding carboxylic acids is 1. The number of piperidine rings is 1. The van der Waals surface area contributed by atoms with E-state index in [4.69, 9.17) is 4.42 Å². The Kier molecular flexibility index (Phi) is 7.80. The van der Waals surface area contributed by atoms with Crippen LogP contribution in [0.3, 0.4) is 0 Å². The summed E-state index contributed by atoms with van der Waals surface area (Å²) in [5.41, 5.74) is 1.85. The van der Waals surface area contributed by atoms with Crippen LogP contribution in [0.25, 0.3) is 0 Å². The van der Waals surface area contributed by atoms with E-state index < -0.39 is 10.0 Å². The van der Waals surface area contributed by atoms with Crippen LogP contribution in [0.4, 0.5) is 0 Å². The normalized spacial score (nSPS) is 16.0. The molecule has 1 saturated heterocycles. The van der Waals surface area contributed by atoms with Gasteiger partial charge in [-0.05, 0) is 37.5 Å². The highest BCUT2D eigenvalue weighted by molar-refractivity contribution is 7.98. The van der Waals surface area contributed by atoms with Crippen molar-refractivity contribution in [1.82, 2.24) is 9.62 Å². The number of hydrogen-bond donors (Lipinski definition) is 1. The van der Waals surface area contributed by atoms with Gasteiger partial charge in [-0.1, -0.05) is 29.8 Å². The zero-order valence-electron chi connectivity index (χ0n) is 16.7. The number of thioether (sulfide) groups is 1. The van der Waals surface area contributed by atoms with Gasteiger partial charge in [0.25, 0.3) is 0 Å². The van der Waals surface area contributed by atoms with Crippen molar-refractivity contribution in [3.8, 4) is 0 Å². The Morgan fingerprint density at radius 1 is 1.24 bits per heavy atom. The Bertz CT molecular complexity index is 889. The summed E-state index contributed by atoms with van der Waals surface area (Å²) in [6.07, 6.45) is 2.79. The summed E-state index contributed by atoms with van der Waals surface area (Å²) in [5, 5.41) is 2.97. The van der Waals surface area contributed by atoms with E-state index in [0.29, 0.717) is 32.5 Å². The third-order valence-electron chi connectivity index (χ3n) is 5.02. The third kappa shape index (κ3) is 6.62. The number of rotatable bonds is 9. The minimum absolute atomic E-state index is 0.0123. The molecule has 1 aliphatic rings. The molecule has 1 aliphatic heterocycles. The molecular weight excluding hydrogens is 408 g/mol. The quantitative estimate of drug-likeness (QED) is 0.611. The zero-order valence-corrected chi connectivity index (χ0v) is 18.3. The summed E-state index contributed by atoms with van der Waals surface area (Å²) < 4.78 is 32.2. The lowest BCUT2D eigenvalue weighted by molar-refractivity contribution is -0.125. The van der Waals surface area contributed by atoms with Gasteiger partial charge < -0.3 is 9.73 Å². The second kappa shape index (κ2) is 10.3. The van der Waals surface area contributed by atoms with Crippen molar-refractivity contribution in [2.75, 3.05) is 25.4 Å². The van der Waals surface area contributed by atoms with Crippen molar-refractivity contribution in [3.63, 3.8) is 0 Å². The highest BCUT2D eigenvalue weighted by Crippen LogP contribution is 2.22. The molecule has 1 fully saturated rings. The molecule has 0 atom stereocenters. The standard InChI is InChI=1S/C21H28N2O4S2/c1-17-4-2-5-18(14-17)16-29(25,26)23-10-7-19(8-11-23)21(24)22-9-13-28-15-20-6-3-12-27-20/h2-6,12,14,19H,7-11,13,15-16H2,1H3,(H,22,24). The Morgan fingerprint density at radius 3 is 2.72 bits per heavy atom. The second-order valence-electron chi connectivity index (χ2n) is 7.34. The lowest BCUT2D eigenvalue weighted by Gasteiger charge is -2.30. The van der Waals surface area contributed by atoms with Crippen molar-refractivity contribution in [3.05, 3.63) is 59.5 Å². The van der Waals surface area contributed by atoms with E-state index in [2.05, 4.69) is 5.32 Å². The van der Waals surface area contributed by atoms with Gasteiger partial charge in [-0.15, -0.1) is 0 Å². The molecule has 8 heteroatoms. The average molecular weight is 437 g/mol. The molecule has 29 heavy (non-hydrogen) atoms. The maximum atomic E-state index is 12.7. The molecule has 1 N–H and O–H groups in total. The van der Waals surface area contributed by atoms with Crippen LogP contribution < -0.4 is 5.32 Å². The maximum Gasteiger partial charge on any atom is 0.223 e. The van der Waals surface area contributed by atoms with Crippen molar-refractivity contribution in [2.24, 2.45) is 5.92 Å². The van der Waals surface area contributed by atoms with Gasteiger partial charge >= 0.3 is 0 Å².